The predicted molar refractivity (Wildman–Crippen MR) is 46.2 cm³/mol. The van der Waals surface area contributed by atoms with Gasteiger partial charge in [0.05, 0.1) is 6.10 Å². The third-order valence-corrected chi connectivity index (χ3v) is 1.98. The minimum atomic E-state index is 0.436. The Kier molecular flexibility index (Phi) is 3.13. The van der Waals surface area contributed by atoms with E-state index in [2.05, 4.69) is 0 Å². The lowest BCUT2D eigenvalue weighted by molar-refractivity contribution is 0.146. The Balaban J connectivity index is 2.19. The van der Waals surface area contributed by atoms with Crippen molar-refractivity contribution in [2.45, 2.75) is 45.1 Å². The predicted octanol–water partition coefficient (Wildman–Crippen LogP) is 2.68. The summed E-state index contributed by atoms with van der Waals surface area (Å²) in [5.74, 6) is 0. The van der Waals surface area contributed by atoms with Gasteiger partial charge in [-0.05, 0) is 37.9 Å². The van der Waals surface area contributed by atoms with Gasteiger partial charge < -0.3 is 4.74 Å². The summed E-state index contributed by atoms with van der Waals surface area (Å²) in [4.78, 5) is 0. The van der Waals surface area contributed by atoms with Crippen LogP contribution >= 0.6 is 12.2 Å². The third-order valence-electron chi connectivity index (χ3n) is 1.88. The summed E-state index contributed by atoms with van der Waals surface area (Å²) in [6.07, 6.45) is 6.84. The lowest BCUT2D eigenvalue weighted by Crippen LogP contribution is -2.18. The first kappa shape index (κ1) is 7.99. The highest BCUT2D eigenvalue weighted by Crippen LogP contribution is 2.20. The standard InChI is InChI=1S/C8H14OS/c1-7(10)9-8-5-3-2-4-6-8/h8H,2-6H2,1H3. The summed E-state index contributed by atoms with van der Waals surface area (Å²) in [5, 5.41) is 0.701. The molecule has 0 atom stereocenters. The molecule has 0 heterocycles. The van der Waals surface area contributed by atoms with Gasteiger partial charge in [0.2, 0.25) is 0 Å². The molecule has 0 bridgehead atoms. The second kappa shape index (κ2) is 3.91. The molecule has 1 rings (SSSR count). The molecule has 58 valence electrons. The second-order valence-electron chi connectivity index (χ2n) is 2.87. The van der Waals surface area contributed by atoms with E-state index >= 15 is 0 Å². The van der Waals surface area contributed by atoms with Crippen molar-refractivity contribution >= 4 is 17.3 Å². The van der Waals surface area contributed by atoms with E-state index < -0.39 is 0 Å². The maximum absolute atomic E-state index is 5.42. The molecule has 0 aliphatic heterocycles. The van der Waals surface area contributed by atoms with Crippen LogP contribution in [0.3, 0.4) is 0 Å². The molecule has 1 aliphatic carbocycles. The van der Waals surface area contributed by atoms with Crippen molar-refractivity contribution in [1.82, 2.24) is 0 Å². The van der Waals surface area contributed by atoms with Gasteiger partial charge in [-0.3, -0.25) is 0 Å². The molecule has 0 N–H and O–H groups in total. The summed E-state index contributed by atoms with van der Waals surface area (Å²) in [6, 6.07) is 0. The van der Waals surface area contributed by atoms with E-state index in [1.807, 2.05) is 6.92 Å². The molecule has 1 saturated carbocycles. The van der Waals surface area contributed by atoms with E-state index in [1.165, 1.54) is 32.1 Å². The van der Waals surface area contributed by atoms with Crippen LogP contribution in [0.4, 0.5) is 0 Å². The maximum Gasteiger partial charge on any atom is 0.157 e. The molecule has 0 aromatic heterocycles. The molecular formula is C8H14OS. The van der Waals surface area contributed by atoms with Crippen LogP contribution in [0.2, 0.25) is 0 Å². The van der Waals surface area contributed by atoms with E-state index in [9.17, 15) is 0 Å². The topological polar surface area (TPSA) is 9.23 Å². The molecule has 10 heavy (non-hydrogen) atoms. The number of ether oxygens (including phenoxy) is 1. The number of thiocarbonyl (C=S) groups is 1. The van der Waals surface area contributed by atoms with E-state index in [0.29, 0.717) is 11.2 Å². The summed E-state index contributed by atoms with van der Waals surface area (Å²) >= 11 is 4.85. The fourth-order valence-electron chi connectivity index (χ4n) is 1.42. The molecular weight excluding hydrogens is 144 g/mol. The van der Waals surface area contributed by atoms with E-state index in [4.69, 9.17) is 17.0 Å². The van der Waals surface area contributed by atoms with Crippen LogP contribution in [-0.2, 0) is 4.74 Å². The third kappa shape index (κ3) is 2.65. The minimum Gasteiger partial charge on any atom is -0.484 e. The van der Waals surface area contributed by atoms with Gasteiger partial charge in [0.15, 0.2) is 5.05 Å². The quantitative estimate of drug-likeness (QED) is 0.543. The average Bonchev–Trinajstić information content (AvgIpc) is 1.88. The first-order chi connectivity index (χ1) is 4.79. The number of rotatable bonds is 1. The van der Waals surface area contributed by atoms with Crippen LogP contribution in [-0.4, -0.2) is 11.2 Å². The largest absolute Gasteiger partial charge is 0.484 e. The Hall–Kier alpha value is -0.110. The molecule has 2 heteroatoms. The lowest BCUT2D eigenvalue weighted by Gasteiger charge is -2.21. The van der Waals surface area contributed by atoms with Crippen molar-refractivity contribution in [1.29, 1.82) is 0 Å². The average molecular weight is 158 g/mol. The second-order valence-corrected chi connectivity index (χ2v) is 3.44. The van der Waals surface area contributed by atoms with Crippen LogP contribution in [0.25, 0.3) is 0 Å². The Labute approximate surface area is 67.8 Å². The fraction of sp³-hybridized carbons (Fsp3) is 0.875. The highest BCUT2D eigenvalue weighted by Gasteiger charge is 2.13. The van der Waals surface area contributed by atoms with E-state index in [1.54, 1.807) is 0 Å². The molecule has 0 aromatic carbocycles. The van der Waals surface area contributed by atoms with Crippen LogP contribution in [0.15, 0.2) is 0 Å². The van der Waals surface area contributed by atoms with E-state index in [0.717, 1.165) is 0 Å². The van der Waals surface area contributed by atoms with Gasteiger partial charge in [-0.15, -0.1) is 0 Å². The summed E-state index contributed by atoms with van der Waals surface area (Å²) in [5.41, 5.74) is 0. The monoisotopic (exact) mass is 158 g/mol. The lowest BCUT2D eigenvalue weighted by atomic mass is 9.98. The molecule has 1 aliphatic rings. The summed E-state index contributed by atoms with van der Waals surface area (Å²) < 4.78 is 5.42. The zero-order valence-electron chi connectivity index (χ0n) is 6.43. The zero-order valence-corrected chi connectivity index (χ0v) is 7.25. The normalized spacial score (nSPS) is 20.5. The van der Waals surface area contributed by atoms with Gasteiger partial charge >= 0.3 is 0 Å². The van der Waals surface area contributed by atoms with Crippen molar-refractivity contribution in [2.75, 3.05) is 0 Å². The molecule has 0 spiro atoms. The van der Waals surface area contributed by atoms with Crippen molar-refractivity contribution in [2.24, 2.45) is 0 Å². The maximum atomic E-state index is 5.42. The van der Waals surface area contributed by atoms with Crippen LogP contribution in [0.5, 0.6) is 0 Å². The Morgan fingerprint density at radius 3 is 2.40 bits per heavy atom. The number of hydrogen-bond donors (Lipinski definition) is 0. The van der Waals surface area contributed by atoms with Crippen LogP contribution < -0.4 is 0 Å². The highest BCUT2D eigenvalue weighted by atomic mass is 32.1. The number of hydrogen-bond acceptors (Lipinski definition) is 2. The van der Waals surface area contributed by atoms with Gasteiger partial charge in [-0.25, -0.2) is 0 Å². The molecule has 1 nitrogen and oxygen atoms in total. The van der Waals surface area contributed by atoms with Crippen molar-refractivity contribution in [3.05, 3.63) is 0 Å². The van der Waals surface area contributed by atoms with Gasteiger partial charge in [-0.1, -0.05) is 6.42 Å². The molecule has 0 saturated heterocycles. The summed E-state index contributed by atoms with van der Waals surface area (Å²) in [6.45, 7) is 1.85. The molecule has 0 aromatic rings. The van der Waals surface area contributed by atoms with Gasteiger partial charge in [0.25, 0.3) is 0 Å². The Morgan fingerprint density at radius 1 is 1.30 bits per heavy atom. The van der Waals surface area contributed by atoms with Gasteiger partial charge in [0, 0.05) is 6.92 Å². The van der Waals surface area contributed by atoms with Gasteiger partial charge in [-0.2, -0.15) is 0 Å². The molecule has 0 unspecified atom stereocenters. The SMILES string of the molecule is CC(=S)OC1CCCCC1. The Bertz CT molecular complexity index is 116. The summed E-state index contributed by atoms with van der Waals surface area (Å²) in [7, 11) is 0. The Morgan fingerprint density at radius 2 is 1.90 bits per heavy atom. The van der Waals surface area contributed by atoms with Crippen LogP contribution in [0, 0.1) is 0 Å². The molecule has 0 amide bonds. The molecule has 0 radical (unpaired) electrons. The highest BCUT2D eigenvalue weighted by molar-refractivity contribution is 7.80. The first-order valence-electron chi connectivity index (χ1n) is 3.96. The van der Waals surface area contributed by atoms with Crippen molar-refractivity contribution in [3.63, 3.8) is 0 Å². The molecule has 1 fully saturated rings. The van der Waals surface area contributed by atoms with Gasteiger partial charge in [0.1, 0.15) is 0 Å². The van der Waals surface area contributed by atoms with Crippen molar-refractivity contribution < 1.29 is 4.74 Å². The smallest absolute Gasteiger partial charge is 0.157 e. The van der Waals surface area contributed by atoms with Crippen LogP contribution in [0.1, 0.15) is 39.0 Å². The zero-order chi connectivity index (χ0) is 7.40. The minimum absolute atomic E-state index is 0.436. The van der Waals surface area contributed by atoms with Crippen molar-refractivity contribution in [3.8, 4) is 0 Å². The first-order valence-corrected chi connectivity index (χ1v) is 4.37. The van der Waals surface area contributed by atoms with E-state index in [-0.39, 0.29) is 0 Å². The fourth-order valence-corrected chi connectivity index (χ4v) is 1.55.